The largest absolute Gasteiger partial charge is 0.416 e. The molecule has 0 unspecified atom stereocenters. The van der Waals surface area contributed by atoms with Crippen LogP contribution in [-0.2, 0) is 6.18 Å². The van der Waals surface area contributed by atoms with Crippen molar-refractivity contribution >= 4 is 5.57 Å². The lowest BCUT2D eigenvalue weighted by atomic mass is 10.1. The fraction of sp³-hybridized carbons (Fsp3) is 0.286. The Morgan fingerprint density at radius 3 is 1.94 bits per heavy atom. The van der Waals surface area contributed by atoms with Crippen molar-refractivity contribution in [3.8, 4) is 0 Å². The second-order valence-corrected chi connectivity index (χ2v) is 3.10. The van der Waals surface area contributed by atoms with Gasteiger partial charge in [-0.25, -0.2) is 0 Å². The van der Waals surface area contributed by atoms with E-state index in [9.17, 15) is 13.2 Å². The Bertz CT molecular complexity index is 369. The van der Waals surface area contributed by atoms with Gasteiger partial charge in [0.05, 0.1) is 5.56 Å². The third-order valence-corrected chi connectivity index (χ3v) is 1.95. The molecule has 94 valence electrons. The number of rotatable bonds is 2. The highest BCUT2D eigenvalue weighted by molar-refractivity contribution is 5.71. The van der Waals surface area contributed by atoms with E-state index in [2.05, 4.69) is 6.58 Å². The standard InChI is InChI=1S/C12H11F3.C2H6/c1-3-4-9(2)10-5-7-11(8-6-10)12(13,14)15;1-2/h3-8H,2H2,1H3;1-2H3/b4-3-;. The zero-order valence-electron chi connectivity index (χ0n) is 10.3. The lowest BCUT2D eigenvalue weighted by molar-refractivity contribution is -0.137. The van der Waals surface area contributed by atoms with E-state index >= 15 is 0 Å². The Hall–Kier alpha value is -1.51. The van der Waals surface area contributed by atoms with Gasteiger partial charge in [-0.15, -0.1) is 0 Å². The third-order valence-electron chi connectivity index (χ3n) is 1.95. The number of halogens is 3. The number of benzene rings is 1. The predicted molar refractivity (Wildman–Crippen MR) is 66.6 cm³/mol. The predicted octanol–water partition coefficient (Wildman–Crippen LogP) is 5.32. The number of alkyl halides is 3. The van der Waals surface area contributed by atoms with Crippen LogP contribution < -0.4 is 0 Å². The van der Waals surface area contributed by atoms with Crippen molar-refractivity contribution in [1.29, 1.82) is 0 Å². The molecule has 0 aliphatic heterocycles. The first-order valence-electron chi connectivity index (χ1n) is 5.44. The van der Waals surface area contributed by atoms with Crippen LogP contribution in [0.15, 0.2) is 43.0 Å². The normalized spacial score (nSPS) is 10.9. The van der Waals surface area contributed by atoms with Crippen LogP contribution in [0.4, 0.5) is 13.2 Å². The quantitative estimate of drug-likeness (QED) is 0.615. The summed E-state index contributed by atoms with van der Waals surface area (Å²) >= 11 is 0. The minimum atomic E-state index is -4.28. The van der Waals surface area contributed by atoms with Gasteiger partial charge in [-0.05, 0) is 30.2 Å². The molecule has 0 bridgehead atoms. The molecule has 0 saturated carbocycles. The van der Waals surface area contributed by atoms with Gasteiger partial charge in [0.15, 0.2) is 0 Å². The molecule has 0 heterocycles. The smallest absolute Gasteiger partial charge is 0.166 e. The van der Waals surface area contributed by atoms with Crippen LogP contribution in [-0.4, -0.2) is 0 Å². The molecule has 0 aliphatic carbocycles. The van der Waals surface area contributed by atoms with Gasteiger partial charge in [0.2, 0.25) is 0 Å². The van der Waals surface area contributed by atoms with Gasteiger partial charge in [0.1, 0.15) is 0 Å². The van der Waals surface area contributed by atoms with Gasteiger partial charge in [-0.2, -0.15) is 13.2 Å². The van der Waals surface area contributed by atoms with Crippen LogP contribution in [0.5, 0.6) is 0 Å². The summed E-state index contributed by atoms with van der Waals surface area (Å²) in [6.45, 7) is 9.57. The molecule has 0 atom stereocenters. The Morgan fingerprint density at radius 2 is 1.59 bits per heavy atom. The zero-order valence-corrected chi connectivity index (χ0v) is 10.3. The van der Waals surface area contributed by atoms with E-state index in [0.717, 1.165) is 12.1 Å². The molecule has 1 aromatic rings. The minimum absolute atomic E-state index is 0.639. The molecular weight excluding hydrogens is 225 g/mol. The van der Waals surface area contributed by atoms with Gasteiger partial charge in [-0.1, -0.05) is 44.7 Å². The SMILES string of the molecule is C=C(/C=C\C)c1ccc(C(F)(F)F)cc1.CC. The second-order valence-electron chi connectivity index (χ2n) is 3.10. The molecular formula is C14H17F3. The maximum Gasteiger partial charge on any atom is 0.416 e. The summed E-state index contributed by atoms with van der Waals surface area (Å²) in [6, 6.07) is 4.96. The molecule has 0 N–H and O–H groups in total. The van der Waals surface area contributed by atoms with E-state index in [1.165, 1.54) is 12.1 Å². The third kappa shape index (κ3) is 4.89. The fourth-order valence-electron chi connectivity index (χ4n) is 1.17. The molecule has 0 nitrogen and oxygen atoms in total. The van der Waals surface area contributed by atoms with Gasteiger partial charge < -0.3 is 0 Å². The van der Waals surface area contributed by atoms with Crippen molar-refractivity contribution in [2.75, 3.05) is 0 Å². The molecule has 0 amide bonds. The highest BCUT2D eigenvalue weighted by atomic mass is 19.4. The molecule has 0 aromatic heterocycles. The minimum Gasteiger partial charge on any atom is -0.166 e. The lowest BCUT2D eigenvalue weighted by Gasteiger charge is -2.07. The number of hydrogen-bond acceptors (Lipinski definition) is 0. The van der Waals surface area contributed by atoms with E-state index in [4.69, 9.17) is 0 Å². The van der Waals surface area contributed by atoms with Crippen LogP contribution in [0, 0.1) is 0 Å². The summed E-state index contributed by atoms with van der Waals surface area (Å²) in [5, 5.41) is 0. The summed E-state index contributed by atoms with van der Waals surface area (Å²) in [7, 11) is 0. The summed E-state index contributed by atoms with van der Waals surface area (Å²) in [4.78, 5) is 0. The molecule has 0 fully saturated rings. The molecule has 17 heavy (non-hydrogen) atoms. The van der Waals surface area contributed by atoms with E-state index in [-0.39, 0.29) is 0 Å². The molecule has 0 aliphatic rings. The fourth-order valence-corrected chi connectivity index (χ4v) is 1.17. The molecule has 0 saturated heterocycles. The Labute approximate surface area is 100 Å². The first kappa shape index (κ1) is 15.5. The molecule has 1 rings (SSSR count). The van der Waals surface area contributed by atoms with Crippen molar-refractivity contribution in [1.82, 2.24) is 0 Å². The summed E-state index contributed by atoms with van der Waals surface area (Å²) in [5.74, 6) is 0. The lowest BCUT2D eigenvalue weighted by Crippen LogP contribution is -2.04. The van der Waals surface area contributed by atoms with Crippen LogP contribution in [0.3, 0.4) is 0 Å². The van der Waals surface area contributed by atoms with Gasteiger partial charge >= 0.3 is 6.18 Å². The Kier molecular flexibility index (Phi) is 6.33. The average molecular weight is 242 g/mol. The topological polar surface area (TPSA) is 0 Å². The van der Waals surface area contributed by atoms with Crippen LogP contribution >= 0.6 is 0 Å². The molecule has 0 spiro atoms. The maximum absolute atomic E-state index is 12.2. The summed E-state index contributed by atoms with van der Waals surface area (Å²) < 4.78 is 36.7. The highest BCUT2D eigenvalue weighted by Crippen LogP contribution is 2.29. The summed E-state index contributed by atoms with van der Waals surface area (Å²) in [6.07, 6.45) is -0.733. The van der Waals surface area contributed by atoms with Crippen molar-refractivity contribution in [3.63, 3.8) is 0 Å². The maximum atomic E-state index is 12.2. The van der Waals surface area contributed by atoms with Gasteiger partial charge in [0, 0.05) is 0 Å². The summed E-state index contributed by atoms with van der Waals surface area (Å²) in [5.41, 5.74) is 0.756. The van der Waals surface area contributed by atoms with Gasteiger partial charge in [-0.3, -0.25) is 0 Å². The first-order chi connectivity index (χ1) is 7.95. The van der Waals surface area contributed by atoms with Crippen molar-refractivity contribution < 1.29 is 13.2 Å². The first-order valence-corrected chi connectivity index (χ1v) is 5.44. The van der Waals surface area contributed by atoms with E-state index in [0.29, 0.717) is 11.1 Å². The second kappa shape index (κ2) is 6.94. The van der Waals surface area contributed by atoms with E-state index < -0.39 is 11.7 Å². The van der Waals surface area contributed by atoms with Crippen LogP contribution in [0.1, 0.15) is 31.9 Å². The molecule has 3 heteroatoms. The highest BCUT2D eigenvalue weighted by Gasteiger charge is 2.29. The zero-order chi connectivity index (χ0) is 13.5. The van der Waals surface area contributed by atoms with Crippen LogP contribution in [0.25, 0.3) is 5.57 Å². The molecule has 1 aromatic carbocycles. The van der Waals surface area contributed by atoms with E-state index in [1.807, 2.05) is 20.8 Å². The average Bonchev–Trinajstić information content (AvgIpc) is 2.31. The van der Waals surface area contributed by atoms with Crippen LogP contribution in [0.2, 0.25) is 0 Å². The molecule has 0 radical (unpaired) electrons. The van der Waals surface area contributed by atoms with Crippen molar-refractivity contribution in [3.05, 3.63) is 54.1 Å². The Balaban J connectivity index is 0.00000121. The number of allylic oxidation sites excluding steroid dienone is 3. The number of hydrogen-bond donors (Lipinski definition) is 0. The van der Waals surface area contributed by atoms with Crippen molar-refractivity contribution in [2.24, 2.45) is 0 Å². The Morgan fingerprint density at radius 1 is 1.12 bits per heavy atom. The van der Waals surface area contributed by atoms with E-state index in [1.54, 1.807) is 12.2 Å². The van der Waals surface area contributed by atoms with Crippen molar-refractivity contribution in [2.45, 2.75) is 26.9 Å². The van der Waals surface area contributed by atoms with Gasteiger partial charge in [0.25, 0.3) is 0 Å². The monoisotopic (exact) mass is 242 g/mol.